The minimum Gasteiger partial charge on any atom is -0.493 e. The number of benzene rings is 1. The van der Waals surface area contributed by atoms with Gasteiger partial charge in [-0.3, -0.25) is 9.48 Å². The topological polar surface area (TPSA) is 53.4 Å². The van der Waals surface area contributed by atoms with Crippen molar-refractivity contribution in [1.29, 1.82) is 0 Å². The molecule has 1 aromatic heterocycles. The molecule has 0 N–H and O–H groups in total. The van der Waals surface area contributed by atoms with Gasteiger partial charge in [-0.05, 0) is 24.5 Å². The van der Waals surface area contributed by atoms with E-state index < -0.39 is 6.10 Å². The van der Waals surface area contributed by atoms with E-state index in [1.54, 1.807) is 18.0 Å². The van der Waals surface area contributed by atoms with E-state index in [4.69, 9.17) is 9.47 Å². The highest BCUT2D eigenvalue weighted by Gasteiger charge is 2.32. The van der Waals surface area contributed by atoms with Crippen LogP contribution in [0, 0.1) is 0 Å². The number of nitrogens with zero attached hydrogens (tertiary/aromatic N) is 2. The standard InChI is InChI=1S/C16H18N2O3/c1-3-18-14(13(20-2)10-17-18)15(19)16-12-7-5-4-6-11(12)8-9-21-16/h4-7,10,16H,3,8-9H2,1-2H3. The minimum atomic E-state index is -0.578. The molecule has 0 amide bonds. The predicted octanol–water partition coefficient (Wildman–Crippen LogP) is 2.41. The third-order valence-corrected chi connectivity index (χ3v) is 3.79. The second-order valence-electron chi connectivity index (χ2n) is 4.94. The molecule has 1 aromatic carbocycles. The minimum absolute atomic E-state index is 0.0987. The zero-order valence-corrected chi connectivity index (χ0v) is 12.2. The largest absolute Gasteiger partial charge is 0.493 e. The van der Waals surface area contributed by atoms with E-state index in [9.17, 15) is 4.79 Å². The predicted molar refractivity (Wildman–Crippen MR) is 77.6 cm³/mol. The van der Waals surface area contributed by atoms with Crippen LogP contribution < -0.4 is 4.74 Å². The number of aryl methyl sites for hydroxylation is 1. The number of Topliss-reactive ketones (excluding diaryl/α,β-unsaturated/α-hetero) is 1. The Morgan fingerprint density at radius 2 is 2.29 bits per heavy atom. The highest BCUT2D eigenvalue weighted by molar-refractivity contribution is 6.01. The molecule has 2 aromatic rings. The smallest absolute Gasteiger partial charge is 0.217 e. The summed E-state index contributed by atoms with van der Waals surface area (Å²) >= 11 is 0. The molecule has 3 rings (SSSR count). The highest BCUT2D eigenvalue weighted by atomic mass is 16.5. The molecular weight excluding hydrogens is 268 g/mol. The van der Waals surface area contributed by atoms with Crippen molar-refractivity contribution in [2.75, 3.05) is 13.7 Å². The van der Waals surface area contributed by atoms with E-state index in [1.807, 2.05) is 31.2 Å². The van der Waals surface area contributed by atoms with Crippen molar-refractivity contribution < 1.29 is 14.3 Å². The van der Waals surface area contributed by atoms with Crippen molar-refractivity contribution in [3.63, 3.8) is 0 Å². The van der Waals surface area contributed by atoms with Crippen molar-refractivity contribution >= 4 is 5.78 Å². The number of rotatable bonds is 4. The first-order valence-electron chi connectivity index (χ1n) is 7.09. The Bertz CT molecular complexity index is 642. The van der Waals surface area contributed by atoms with E-state index in [2.05, 4.69) is 5.10 Å². The van der Waals surface area contributed by atoms with Crippen LogP contribution in [0.2, 0.25) is 0 Å². The van der Waals surface area contributed by atoms with Gasteiger partial charge in [-0.15, -0.1) is 0 Å². The zero-order chi connectivity index (χ0) is 14.8. The first-order valence-corrected chi connectivity index (χ1v) is 7.09. The monoisotopic (exact) mass is 286 g/mol. The fraction of sp³-hybridized carbons (Fsp3) is 0.375. The van der Waals surface area contributed by atoms with Crippen molar-refractivity contribution in [1.82, 2.24) is 9.78 Å². The van der Waals surface area contributed by atoms with Crippen molar-refractivity contribution in [2.24, 2.45) is 0 Å². The van der Waals surface area contributed by atoms with Crippen LogP contribution in [-0.2, 0) is 17.7 Å². The molecule has 1 aliphatic heterocycles. The summed E-state index contributed by atoms with van der Waals surface area (Å²) in [7, 11) is 1.55. The summed E-state index contributed by atoms with van der Waals surface area (Å²) in [4.78, 5) is 12.9. The molecule has 5 nitrogen and oxygen atoms in total. The number of methoxy groups -OCH3 is 1. The second kappa shape index (κ2) is 5.69. The van der Waals surface area contributed by atoms with Gasteiger partial charge in [-0.25, -0.2) is 0 Å². The van der Waals surface area contributed by atoms with E-state index in [0.717, 1.165) is 12.0 Å². The van der Waals surface area contributed by atoms with Crippen LogP contribution in [0.5, 0.6) is 5.75 Å². The number of ketones is 1. The lowest BCUT2D eigenvalue weighted by molar-refractivity contribution is 0.0338. The first-order chi connectivity index (χ1) is 10.3. The Morgan fingerprint density at radius 3 is 3.05 bits per heavy atom. The Kier molecular flexibility index (Phi) is 3.75. The van der Waals surface area contributed by atoms with Gasteiger partial charge in [0.25, 0.3) is 0 Å². The Labute approximate surface area is 123 Å². The molecule has 0 aliphatic carbocycles. The highest BCUT2D eigenvalue weighted by Crippen LogP contribution is 2.32. The summed E-state index contributed by atoms with van der Waals surface area (Å²) < 4.78 is 12.7. The van der Waals surface area contributed by atoms with Crippen LogP contribution in [0.1, 0.15) is 34.6 Å². The van der Waals surface area contributed by atoms with Gasteiger partial charge in [0.05, 0.1) is 19.9 Å². The Morgan fingerprint density at radius 1 is 1.48 bits per heavy atom. The maximum atomic E-state index is 12.9. The first kappa shape index (κ1) is 13.8. The fourth-order valence-corrected chi connectivity index (χ4v) is 2.74. The van der Waals surface area contributed by atoms with Crippen molar-refractivity contribution in [3.8, 4) is 5.75 Å². The molecule has 2 heterocycles. The summed E-state index contributed by atoms with van der Waals surface area (Å²) in [5, 5.41) is 4.19. The quantitative estimate of drug-likeness (QED) is 0.810. The maximum absolute atomic E-state index is 12.9. The molecule has 0 saturated heterocycles. The van der Waals surface area contributed by atoms with E-state index in [-0.39, 0.29) is 5.78 Å². The average molecular weight is 286 g/mol. The van der Waals surface area contributed by atoms with Crippen molar-refractivity contribution in [3.05, 3.63) is 47.3 Å². The summed E-state index contributed by atoms with van der Waals surface area (Å²) in [5.41, 5.74) is 2.59. The molecule has 0 radical (unpaired) electrons. The van der Waals surface area contributed by atoms with Gasteiger partial charge in [0, 0.05) is 6.54 Å². The van der Waals surface area contributed by atoms with E-state index >= 15 is 0 Å². The molecule has 5 heteroatoms. The fourth-order valence-electron chi connectivity index (χ4n) is 2.74. The Balaban J connectivity index is 2.02. The number of carbonyl (C=O) groups excluding carboxylic acids is 1. The van der Waals surface area contributed by atoms with Gasteiger partial charge in [-0.2, -0.15) is 5.10 Å². The average Bonchev–Trinajstić information content (AvgIpc) is 2.96. The molecule has 0 spiro atoms. The second-order valence-corrected chi connectivity index (χ2v) is 4.94. The van der Waals surface area contributed by atoms with Gasteiger partial charge in [0.15, 0.2) is 5.75 Å². The van der Waals surface area contributed by atoms with Gasteiger partial charge in [0.2, 0.25) is 5.78 Å². The molecule has 1 atom stereocenters. The molecule has 0 fully saturated rings. The molecule has 1 unspecified atom stereocenters. The molecule has 0 bridgehead atoms. The molecule has 0 saturated carbocycles. The zero-order valence-electron chi connectivity index (χ0n) is 12.2. The molecule has 1 aliphatic rings. The Hall–Kier alpha value is -2.14. The molecule has 21 heavy (non-hydrogen) atoms. The van der Waals surface area contributed by atoms with Gasteiger partial charge in [-0.1, -0.05) is 24.3 Å². The van der Waals surface area contributed by atoms with Crippen LogP contribution in [0.15, 0.2) is 30.5 Å². The normalized spacial score (nSPS) is 17.3. The molecule has 110 valence electrons. The number of hydrogen-bond donors (Lipinski definition) is 0. The summed E-state index contributed by atoms with van der Waals surface area (Å²) in [6.07, 6.45) is 1.83. The maximum Gasteiger partial charge on any atom is 0.217 e. The number of aromatic nitrogens is 2. The SMILES string of the molecule is CCn1ncc(OC)c1C(=O)C1OCCc2ccccc21. The van der Waals surface area contributed by atoms with Crippen LogP contribution in [0.4, 0.5) is 0 Å². The van der Waals surface area contributed by atoms with Gasteiger partial charge >= 0.3 is 0 Å². The number of hydrogen-bond acceptors (Lipinski definition) is 4. The van der Waals surface area contributed by atoms with Crippen LogP contribution in [0.3, 0.4) is 0 Å². The van der Waals surface area contributed by atoms with Gasteiger partial charge in [0.1, 0.15) is 11.8 Å². The lowest BCUT2D eigenvalue weighted by Crippen LogP contribution is -2.25. The van der Waals surface area contributed by atoms with Crippen LogP contribution in [-0.4, -0.2) is 29.3 Å². The van der Waals surface area contributed by atoms with Crippen molar-refractivity contribution in [2.45, 2.75) is 26.0 Å². The number of fused-ring (bicyclic) bond motifs is 1. The third-order valence-electron chi connectivity index (χ3n) is 3.79. The summed E-state index contributed by atoms with van der Waals surface area (Å²) in [5.74, 6) is 0.395. The van der Waals surface area contributed by atoms with Crippen LogP contribution >= 0.6 is 0 Å². The molecular formula is C16H18N2O3. The summed E-state index contributed by atoms with van der Waals surface area (Å²) in [6.45, 7) is 3.10. The van der Waals surface area contributed by atoms with E-state index in [0.29, 0.717) is 24.6 Å². The lowest BCUT2D eigenvalue weighted by atomic mass is 9.94. The van der Waals surface area contributed by atoms with Crippen LogP contribution in [0.25, 0.3) is 0 Å². The third kappa shape index (κ3) is 2.34. The number of carbonyl (C=O) groups is 1. The number of ether oxygens (including phenoxy) is 2. The summed E-state index contributed by atoms with van der Waals surface area (Å²) in [6, 6.07) is 7.92. The van der Waals surface area contributed by atoms with E-state index in [1.165, 1.54) is 5.56 Å². The lowest BCUT2D eigenvalue weighted by Gasteiger charge is -2.25. The van der Waals surface area contributed by atoms with Gasteiger partial charge < -0.3 is 9.47 Å².